The van der Waals surface area contributed by atoms with Gasteiger partial charge in [0, 0.05) is 12.0 Å². The van der Waals surface area contributed by atoms with Crippen molar-refractivity contribution in [3.05, 3.63) is 60.4 Å². The lowest BCUT2D eigenvalue weighted by Gasteiger charge is -2.22. The Kier molecular flexibility index (Phi) is 6.57. The number of imidazole rings is 1. The molecule has 0 spiro atoms. The van der Waals surface area contributed by atoms with E-state index in [0.29, 0.717) is 6.61 Å². The maximum atomic E-state index is 12.4. The van der Waals surface area contributed by atoms with E-state index in [2.05, 4.69) is 16.0 Å². The molecule has 1 N–H and O–H groups in total. The third-order valence-electron chi connectivity index (χ3n) is 4.89. The highest BCUT2D eigenvalue weighted by atomic mass is 16.5. The molecule has 1 heterocycles. The average molecular weight is 394 g/mol. The van der Waals surface area contributed by atoms with Gasteiger partial charge in [-0.3, -0.25) is 4.79 Å². The number of ether oxygens (including phenoxy) is 1. The standard InChI is InChI=1S/C24H31N3O2/c1-18(25-23(28)24(2,3)4)22-26-20-14-8-9-15-21(20)27(22)16-10-11-17-29-19-12-6-5-7-13-19/h5-9,12-15,18H,10-11,16-17H2,1-4H3,(H,25,28). The van der Waals surface area contributed by atoms with Crippen molar-refractivity contribution < 1.29 is 9.53 Å². The molecule has 3 aromatic rings. The highest BCUT2D eigenvalue weighted by Crippen LogP contribution is 2.23. The minimum absolute atomic E-state index is 0.0277. The van der Waals surface area contributed by atoms with Gasteiger partial charge in [-0.15, -0.1) is 0 Å². The van der Waals surface area contributed by atoms with E-state index in [0.717, 1.165) is 42.0 Å². The Bertz CT molecular complexity index is 942. The lowest BCUT2D eigenvalue weighted by molar-refractivity contribution is -0.129. The van der Waals surface area contributed by atoms with Crippen molar-refractivity contribution in [3.8, 4) is 5.75 Å². The zero-order chi connectivity index (χ0) is 20.9. The predicted molar refractivity (Wildman–Crippen MR) is 117 cm³/mol. The summed E-state index contributed by atoms with van der Waals surface area (Å²) < 4.78 is 8.03. The molecular formula is C24H31N3O2. The molecule has 0 bridgehead atoms. The van der Waals surface area contributed by atoms with Crippen LogP contribution in [0.3, 0.4) is 0 Å². The Morgan fingerprint density at radius 3 is 2.48 bits per heavy atom. The lowest BCUT2D eigenvalue weighted by atomic mass is 9.95. The second-order valence-electron chi connectivity index (χ2n) is 8.42. The van der Waals surface area contributed by atoms with Crippen molar-refractivity contribution in [3.63, 3.8) is 0 Å². The molecule has 29 heavy (non-hydrogen) atoms. The van der Waals surface area contributed by atoms with Gasteiger partial charge in [-0.05, 0) is 44.0 Å². The molecule has 5 nitrogen and oxygen atoms in total. The van der Waals surface area contributed by atoms with E-state index in [1.807, 2.05) is 76.2 Å². The number of carbonyl (C=O) groups excluding carboxylic acids is 1. The summed E-state index contributed by atoms with van der Waals surface area (Å²) in [6.45, 7) is 9.28. The Morgan fingerprint density at radius 2 is 1.76 bits per heavy atom. The molecule has 1 amide bonds. The third-order valence-corrected chi connectivity index (χ3v) is 4.89. The van der Waals surface area contributed by atoms with E-state index < -0.39 is 5.41 Å². The van der Waals surface area contributed by atoms with Gasteiger partial charge in [-0.25, -0.2) is 4.98 Å². The van der Waals surface area contributed by atoms with Crippen molar-refractivity contribution in [2.75, 3.05) is 6.61 Å². The van der Waals surface area contributed by atoms with Gasteiger partial charge in [0.15, 0.2) is 0 Å². The monoisotopic (exact) mass is 393 g/mol. The van der Waals surface area contributed by atoms with Crippen LogP contribution < -0.4 is 10.1 Å². The molecule has 0 aliphatic heterocycles. The first kappa shape index (κ1) is 20.9. The SMILES string of the molecule is CC(NC(=O)C(C)(C)C)c1nc2ccccc2n1CCCCOc1ccccc1. The summed E-state index contributed by atoms with van der Waals surface area (Å²) in [7, 11) is 0. The van der Waals surface area contributed by atoms with Gasteiger partial charge in [0.1, 0.15) is 11.6 Å². The van der Waals surface area contributed by atoms with Crippen LogP contribution in [0.2, 0.25) is 0 Å². The molecule has 5 heteroatoms. The highest BCUT2D eigenvalue weighted by Gasteiger charge is 2.25. The maximum absolute atomic E-state index is 12.4. The largest absolute Gasteiger partial charge is 0.494 e. The van der Waals surface area contributed by atoms with Gasteiger partial charge < -0.3 is 14.6 Å². The van der Waals surface area contributed by atoms with Crippen LogP contribution >= 0.6 is 0 Å². The van der Waals surface area contributed by atoms with E-state index >= 15 is 0 Å². The number of benzene rings is 2. The first-order valence-electron chi connectivity index (χ1n) is 10.3. The summed E-state index contributed by atoms with van der Waals surface area (Å²) in [6.07, 6.45) is 1.92. The van der Waals surface area contributed by atoms with Gasteiger partial charge in [0.05, 0.1) is 23.7 Å². The normalized spacial score (nSPS) is 12.7. The molecule has 154 valence electrons. The van der Waals surface area contributed by atoms with Crippen molar-refractivity contribution in [2.24, 2.45) is 5.41 Å². The van der Waals surface area contributed by atoms with Crippen LogP contribution in [0, 0.1) is 5.41 Å². The number of aryl methyl sites for hydroxylation is 1. The summed E-state index contributed by atoms with van der Waals surface area (Å²) in [5.74, 6) is 1.83. The molecular weight excluding hydrogens is 362 g/mol. The number of aromatic nitrogens is 2. The fourth-order valence-corrected chi connectivity index (χ4v) is 3.22. The van der Waals surface area contributed by atoms with Gasteiger partial charge in [0.2, 0.25) is 5.91 Å². The number of rotatable bonds is 8. The van der Waals surface area contributed by atoms with Crippen LogP contribution in [0.1, 0.15) is 52.4 Å². The Hall–Kier alpha value is -2.82. The second-order valence-corrected chi connectivity index (χ2v) is 8.42. The van der Waals surface area contributed by atoms with Crippen LogP contribution in [0.25, 0.3) is 11.0 Å². The Morgan fingerprint density at radius 1 is 1.07 bits per heavy atom. The van der Waals surface area contributed by atoms with Gasteiger partial charge in [0.25, 0.3) is 0 Å². The van der Waals surface area contributed by atoms with E-state index in [1.54, 1.807) is 0 Å². The first-order chi connectivity index (χ1) is 13.9. The van der Waals surface area contributed by atoms with Gasteiger partial charge >= 0.3 is 0 Å². The summed E-state index contributed by atoms with van der Waals surface area (Å²) in [5.41, 5.74) is 1.63. The van der Waals surface area contributed by atoms with Gasteiger partial charge in [-0.2, -0.15) is 0 Å². The zero-order valence-corrected chi connectivity index (χ0v) is 17.8. The number of hydrogen-bond acceptors (Lipinski definition) is 3. The first-order valence-corrected chi connectivity index (χ1v) is 10.3. The summed E-state index contributed by atoms with van der Waals surface area (Å²) in [5, 5.41) is 3.11. The topological polar surface area (TPSA) is 56.2 Å². The molecule has 0 radical (unpaired) electrons. The van der Waals surface area contributed by atoms with E-state index in [1.165, 1.54) is 0 Å². The van der Waals surface area contributed by atoms with E-state index in [4.69, 9.17) is 9.72 Å². The third kappa shape index (κ3) is 5.37. The van der Waals surface area contributed by atoms with Crippen LogP contribution in [0.15, 0.2) is 54.6 Å². The van der Waals surface area contributed by atoms with Crippen molar-refractivity contribution in [1.29, 1.82) is 0 Å². The number of carbonyl (C=O) groups is 1. The van der Waals surface area contributed by atoms with E-state index in [-0.39, 0.29) is 11.9 Å². The van der Waals surface area contributed by atoms with Crippen LogP contribution in [0.4, 0.5) is 0 Å². The van der Waals surface area contributed by atoms with Crippen molar-refractivity contribution in [2.45, 2.75) is 53.1 Å². The smallest absolute Gasteiger partial charge is 0.225 e. The molecule has 1 aromatic heterocycles. The molecule has 0 fully saturated rings. The number of fused-ring (bicyclic) bond motifs is 1. The minimum Gasteiger partial charge on any atom is -0.494 e. The molecule has 0 aliphatic carbocycles. The summed E-state index contributed by atoms with van der Waals surface area (Å²) >= 11 is 0. The van der Waals surface area contributed by atoms with Crippen LogP contribution in [0.5, 0.6) is 5.75 Å². The fraction of sp³-hybridized carbons (Fsp3) is 0.417. The van der Waals surface area contributed by atoms with Crippen LogP contribution in [-0.4, -0.2) is 22.1 Å². The molecule has 0 saturated heterocycles. The van der Waals surface area contributed by atoms with E-state index in [9.17, 15) is 4.79 Å². The van der Waals surface area contributed by atoms with Crippen molar-refractivity contribution >= 4 is 16.9 Å². The zero-order valence-electron chi connectivity index (χ0n) is 17.8. The summed E-state index contributed by atoms with van der Waals surface area (Å²) in [6, 6.07) is 17.9. The predicted octanol–water partition coefficient (Wildman–Crippen LogP) is 5.12. The highest BCUT2D eigenvalue weighted by molar-refractivity contribution is 5.82. The summed E-state index contributed by atoms with van der Waals surface area (Å²) in [4.78, 5) is 17.3. The molecule has 0 saturated carbocycles. The minimum atomic E-state index is -0.431. The molecule has 1 unspecified atom stereocenters. The second kappa shape index (κ2) is 9.12. The fourth-order valence-electron chi connectivity index (χ4n) is 3.22. The Labute approximate surface area is 173 Å². The molecule has 2 aromatic carbocycles. The number of para-hydroxylation sites is 3. The number of nitrogens with zero attached hydrogens (tertiary/aromatic N) is 2. The van der Waals surface area contributed by atoms with Crippen LogP contribution in [-0.2, 0) is 11.3 Å². The number of nitrogens with one attached hydrogen (secondary N) is 1. The maximum Gasteiger partial charge on any atom is 0.225 e. The average Bonchev–Trinajstić information content (AvgIpc) is 3.06. The van der Waals surface area contributed by atoms with Crippen molar-refractivity contribution in [1.82, 2.24) is 14.9 Å². The quantitative estimate of drug-likeness (QED) is 0.541. The molecule has 1 atom stereocenters. The number of hydrogen-bond donors (Lipinski definition) is 1. The molecule has 0 aliphatic rings. The van der Waals surface area contributed by atoms with Gasteiger partial charge in [-0.1, -0.05) is 51.1 Å². The lowest BCUT2D eigenvalue weighted by Crippen LogP contribution is -2.37. The number of amides is 1. The Balaban J connectivity index is 1.67. The number of unbranched alkanes of at least 4 members (excludes halogenated alkanes) is 1. The molecule has 3 rings (SSSR count).